The highest BCUT2D eigenvalue weighted by molar-refractivity contribution is 5.06. The minimum atomic E-state index is 0.604. The van der Waals surface area contributed by atoms with Crippen LogP contribution in [0, 0.1) is 0 Å². The molecule has 3 heterocycles. The molecule has 0 amide bonds. The van der Waals surface area contributed by atoms with Crippen LogP contribution in [0.3, 0.4) is 0 Å². The monoisotopic (exact) mass is 250 g/mol. The Labute approximate surface area is 108 Å². The number of hydrogen-bond acceptors (Lipinski definition) is 4. The summed E-state index contributed by atoms with van der Waals surface area (Å²) in [6.07, 6.45) is 3.38. The second kappa shape index (κ2) is 4.99. The molecule has 1 aromatic heterocycles. The van der Waals surface area contributed by atoms with Crippen molar-refractivity contribution in [2.75, 3.05) is 33.9 Å². The van der Waals surface area contributed by atoms with Gasteiger partial charge in [0.15, 0.2) is 0 Å². The summed E-state index contributed by atoms with van der Waals surface area (Å²) in [6.45, 7) is 5.89. The van der Waals surface area contributed by atoms with Gasteiger partial charge in [0, 0.05) is 38.5 Å². The van der Waals surface area contributed by atoms with Gasteiger partial charge in [-0.1, -0.05) is 0 Å². The molecule has 0 saturated carbocycles. The second-order valence-electron chi connectivity index (χ2n) is 5.57. The van der Waals surface area contributed by atoms with E-state index in [0.717, 1.165) is 39.4 Å². The van der Waals surface area contributed by atoms with Gasteiger partial charge in [0.2, 0.25) is 0 Å². The number of hydrogen-bond donors (Lipinski definition) is 0. The summed E-state index contributed by atoms with van der Waals surface area (Å²) >= 11 is 0. The van der Waals surface area contributed by atoms with E-state index in [1.54, 1.807) is 0 Å². The number of nitrogens with zero attached hydrogens (tertiary/aromatic N) is 4. The fourth-order valence-electron chi connectivity index (χ4n) is 2.85. The third-order valence-corrected chi connectivity index (χ3v) is 3.78. The van der Waals surface area contributed by atoms with Gasteiger partial charge in [0.05, 0.1) is 18.8 Å². The van der Waals surface area contributed by atoms with E-state index in [1.807, 2.05) is 0 Å². The molecule has 1 aromatic rings. The smallest absolute Gasteiger partial charge is 0.123 e. The molecule has 0 radical (unpaired) electrons. The van der Waals surface area contributed by atoms with Crippen LogP contribution >= 0.6 is 0 Å². The van der Waals surface area contributed by atoms with E-state index in [9.17, 15) is 0 Å². The molecule has 0 N–H and O–H groups in total. The van der Waals surface area contributed by atoms with Gasteiger partial charge in [-0.15, -0.1) is 0 Å². The number of fused-ring (bicyclic) bond motifs is 1. The predicted octanol–water partition coefficient (Wildman–Crippen LogP) is 0.549. The lowest BCUT2D eigenvalue weighted by atomic mass is 10.2. The van der Waals surface area contributed by atoms with Gasteiger partial charge in [-0.05, 0) is 20.5 Å². The standard InChI is InChI=1S/C13H22N4O/c1-15(2)7-11-8-17-5-4-16(9-13(17)14-11)12-3-6-18-10-12/h8,12H,3-7,9-10H2,1-2H3. The van der Waals surface area contributed by atoms with E-state index < -0.39 is 0 Å². The van der Waals surface area contributed by atoms with Gasteiger partial charge in [-0.3, -0.25) is 4.90 Å². The minimum absolute atomic E-state index is 0.604. The molecule has 0 bridgehead atoms. The van der Waals surface area contributed by atoms with Crippen molar-refractivity contribution in [1.82, 2.24) is 19.4 Å². The first-order chi connectivity index (χ1) is 8.72. The summed E-state index contributed by atoms with van der Waals surface area (Å²) in [7, 11) is 4.17. The summed E-state index contributed by atoms with van der Waals surface area (Å²) in [5.41, 5.74) is 1.18. The third-order valence-electron chi connectivity index (χ3n) is 3.78. The number of imidazole rings is 1. The van der Waals surface area contributed by atoms with Crippen molar-refractivity contribution in [1.29, 1.82) is 0 Å². The SMILES string of the molecule is CN(C)Cc1cn2c(n1)CN(C1CCOC1)CC2. The maximum absolute atomic E-state index is 5.48. The fourth-order valence-corrected chi connectivity index (χ4v) is 2.85. The van der Waals surface area contributed by atoms with E-state index in [1.165, 1.54) is 17.9 Å². The quantitative estimate of drug-likeness (QED) is 0.784. The largest absolute Gasteiger partial charge is 0.380 e. The predicted molar refractivity (Wildman–Crippen MR) is 69.3 cm³/mol. The van der Waals surface area contributed by atoms with Crippen molar-refractivity contribution in [3.8, 4) is 0 Å². The van der Waals surface area contributed by atoms with Crippen LogP contribution in [0.2, 0.25) is 0 Å². The third kappa shape index (κ3) is 2.43. The average Bonchev–Trinajstić information content (AvgIpc) is 2.94. The van der Waals surface area contributed by atoms with E-state index in [2.05, 4.69) is 34.7 Å². The minimum Gasteiger partial charge on any atom is -0.380 e. The first-order valence-electron chi connectivity index (χ1n) is 6.74. The lowest BCUT2D eigenvalue weighted by Crippen LogP contribution is -2.41. The Morgan fingerprint density at radius 3 is 3.06 bits per heavy atom. The lowest BCUT2D eigenvalue weighted by molar-refractivity contribution is 0.121. The Morgan fingerprint density at radius 2 is 2.33 bits per heavy atom. The highest BCUT2D eigenvalue weighted by atomic mass is 16.5. The Bertz CT molecular complexity index is 409. The molecule has 0 spiro atoms. The van der Waals surface area contributed by atoms with Crippen LogP contribution in [0.25, 0.3) is 0 Å². The van der Waals surface area contributed by atoms with E-state index in [4.69, 9.17) is 9.72 Å². The molecule has 1 saturated heterocycles. The molecule has 2 aliphatic rings. The maximum atomic E-state index is 5.48. The first-order valence-corrected chi connectivity index (χ1v) is 6.74. The second-order valence-corrected chi connectivity index (χ2v) is 5.57. The van der Waals surface area contributed by atoms with E-state index >= 15 is 0 Å². The Kier molecular flexibility index (Phi) is 3.37. The molecule has 1 unspecified atom stereocenters. The van der Waals surface area contributed by atoms with Gasteiger partial charge in [0.25, 0.3) is 0 Å². The molecule has 2 aliphatic heterocycles. The van der Waals surface area contributed by atoms with Crippen LogP contribution in [0.15, 0.2) is 6.20 Å². The molecule has 1 fully saturated rings. The Hall–Kier alpha value is -0.910. The molecular formula is C13H22N4O. The van der Waals surface area contributed by atoms with E-state index in [0.29, 0.717) is 6.04 Å². The zero-order valence-electron chi connectivity index (χ0n) is 11.3. The first kappa shape index (κ1) is 12.1. The van der Waals surface area contributed by atoms with Gasteiger partial charge >= 0.3 is 0 Å². The molecule has 1 atom stereocenters. The molecule has 18 heavy (non-hydrogen) atoms. The zero-order valence-corrected chi connectivity index (χ0v) is 11.3. The molecule has 5 heteroatoms. The fraction of sp³-hybridized carbons (Fsp3) is 0.769. The van der Waals surface area contributed by atoms with Crippen molar-refractivity contribution >= 4 is 0 Å². The van der Waals surface area contributed by atoms with Crippen molar-refractivity contribution in [3.05, 3.63) is 17.7 Å². The maximum Gasteiger partial charge on any atom is 0.123 e. The summed E-state index contributed by atoms with van der Waals surface area (Å²) in [5.74, 6) is 1.21. The molecule has 3 rings (SSSR count). The van der Waals surface area contributed by atoms with Crippen molar-refractivity contribution in [3.63, 3.8) is 0 Å². The normalized spacial score (nSPS) is 24.7. The average molecular weight is 250 g/mol. The summed E-state index contributed by atoms with van der Waals surface area (Å²) in [5, 5.41) is 0. The van der Waals surface area contributed by atoms with Gasteiger partial charge < -0.3 is 14.2 Å². The number of rotatable bonds is 3. The van der Waals surface area contributed by atoms with Crippen LogP contribution in [-0.4, -0.2) is 59.2 Å². The van der Waals surface area contributed by atoms with Gasteiger partial charge in [-0.25, -0.2) is 4.98 Å². The van der Waals surface area contributed by atoms with Crippen LogP contribution in [0.4, 0.5) is 0 Å². The Balaban J connectivity index is 1.69. The number of ether oxygens (including phenoxy) is 1. The molecule has 5 nitrogen and oxygen atoms in total. The Morgan fingerprint density at radius 1 is 1.44 bits per heavy atom. The highest BCUT2D eigenvalue weighted by Gasteiger charge is 2.27. The van der Waals surface area contributed by atoms with Crippen LogP contribution in [0.1, 0.15) is 17.9 Å². The number of aromatic nitrogens is 2. The molecule has 100 valence electrons. The molecule has 0 aromatic carbocycles. The molecule has 0 aliphatic carbocycles. The van der Waals surface area contributed by atoms with Crippen LogP contribution in [0.5, 0.6) is 0 Å². The topological polar surface area (TPSA) is 33.5 Å². The van der Waals surface area contributed by atoms with Crippen molar-refractivity contribution in [2.45, 2.75) is 32.1 Å². The lowest BCUT2D eigenvalue weighted by Gasteiger charge is -2.31. The van der Waals surface area contributed by atoms with Crippen molar-refractivity contribution < 1.29 is 4.74 Å². The van der Waals surface area contributed by atoms with E-state index in [-0.39, 0.29) is 0 Å². The van der Waals surface area contributed by atoms with Crippen molar-refractivity contribution in [2.24, 2.45) is 0 Å². The highest BCUT2D eigenvalue weighted by Crippen LogP contribution is 2.20. The summed E-state index contributed by atoms with van der Waals surface area (Å²) in [4.78, 5) is 9.44. The molecular weight excluding hydrogens is 228 g/mol. The summed E-state index contributed by atoms with van der Waals surface area (Å²) < 4.78 is 7.79. The zero-order chi connectivity index (χ0) is 12.5. The van der Waals surface area contributed by atoms with Gasteiger partial charge in [-0.2, -0.15) is 0 Å². The summed E-state index contributed by atoms with van der Waals surface area (Å²) in [6, 6.07) is 0.604. The van der Waals surface area contributed by atoms with Crippen LogP contribution < -0.4 is 0 Å². The van der Waals surface area contributed by atoms with Gasteiger partial charge in [0.1, 0.15) is 5.82 Å². The van der Waals surface area contributed by atoms with Crippen LogP contribution in [-0.2, 0) is 24.4 Å².